The number of carbonyl (C=O) groups excluding carboxylic acids is 2. The molecule has 0 atom stereocenters. The standard InChI is InChI=1S/C25H29N5O3S/c1-16-5-8-18(26-21(31)11-14-30-12-3-2-4-13-30)15-20(16)33-22-10-9-19-24(28-22)34-25(27-19)29-23(32)17-6-7-17/h5,8-10,15,17H,2-4,6-7,11-14H2,1H3,(H,26,31)(H,27,29,32). The van der Waals surface area contributed by atoms with Crippen LogP contribution in [0.3, 0.4) is 0 Å². The summed E-state index contributed by atoms with van der Waals surface area (Å²) in [7, 11) is 0. The van der Waals surface area contributed by atoms with Crippen molar-refractivity contribution in [3.05, 3.63) is 35.9 Å². The number of aromatic nitrogens is 2. The molecule has 1 saturated carbocycles. The van der Waals surface area contributed by atoms with Gasteiger partial charge in [0.1, 0.15) is 16.1 Å². The number of fused-ring (bicyclic) bond motifs is 1. The normalized spacial score (nSPS) is 16.4. The van der Waals surface area contributed by atoms with Crippen LogP contribution in [0.2, 0.25) is 0 Å². The molecule has 0 spiro atoms. The van der Waals surface area contributed by atoms with E-state index < -0.39 is 0 Å². The van der Waals surface area contributed by atoms with Gasteiger partial charge in [-0.25, -0.2) is 9.97 Å². The molecule has 3 heterocycles. The average molecular weight is 480 g/mol. The molecule has 2 aliphatic rings. The minimum absolute atomic E-state index is 0.00496. The summed E-state index contributed by atoms with van der Waals surface area (Å²) < 4.78 is 6.05. The Morgan fingerprint density at radius 3 is 2.71 bits per heavy atom. The van der Waals surface area contributed by atoms with E-state index >= 15 is 0 Å². The van der Waals surface area contributed by atoms with Crippen molar-refractivity contribution < 1.29 is 14.3 Å². The third-order valence-electron chi connectivity index (χ3n) is 6.20. The molecule has 2 N–H and O–H groups in total. The van der Waals surface area contributed by atoms with Gasteiger partial charge in [0.05, 0.1) is 0 Å². The monoisotopic (exact) mass is 479 g/mol. The number of hydrogen-bond acceptors (Lipinski definition) is 7. The summed E-state index contributed by atoms with van der Waals surface area (Å²) in [5.41, 5.74) is 2.36. The number of likely N-dealkylation sites (tertiary alicyclic amines) is 1. The molecule has 9 heteroatoms. The number of nitrogens with zero attached hydrogens (tertiary/aromatic N) is 3. The topological polar surface area (TPSA) is 96.5 Å². The molecule has 1 aromatic carbocycles. The number of hydrogen-bond donors (Lipinski definition) is 2. The Morgan fingerprint density at radius 1 is 1.09 bits per heavy atom. The van der Waals surface area contributed by atoms with Gasteiger partial charge in [0.15, 0.2) is 5.13 Å². The number of carbonyl (C=O) groups is 2. The van der Waals surface area contributed by atoms with Gasteiger partial charge in [-0.2, -0.15) is 0 Å². The second-order valence-electron chi connectivity index (χ2n) is 9.04. The Kier molecular flexibility index (Phi) is 6.73. The molecule has 2 amide bonds. The van der Waals surface area contributed by atoms with Crippen molar-refractivity contribution in [1.29, 1.82) is 0 Å². The summed E-state index contributed by atoms with van der Waals surface area (Å²) in [4.78, 5) is 36.5. The fourth-order valence-corrected chi connectivity index (χ4v) is 4.86. The van der Waals surface area contributed by atoms with Gasteiger partial charge in [-0.05, 0) is 63.4 Å². The number of thiazole rings is 1. The van der Waals surface area contributed by atoms with Crippen LogP contribution in [0.25, 0.3) is 10.3 Å². The third kappa shape index (κ3) is 5.71. The summed E-state index contributed by atoms with van der Waals surface area (Å²) in [6, 6.07) is 9.23. The summed E-state index contributed by atoms with van der Waals surface area (Å²) in [6.07, 6.45) is 6.11. The number of rotatable bonds is 8. The smallest absolute Gasteiger partial charge is 0.229 e. The van der Waals surface area contributed by atoms with E-state index in [9.17, 15) is 9.59 Å². The fourth-order valence-electron chi connectivity index (χ4n) is 4.03. The van der Waals surface area contributed by atoms with E-state index in [2.05, 4.69) is 25.5 Å². The van der Waals surface area contributed by atoms with E-state index in [4.69, 9.17) is 4.74 Å². The molecular weight excluding hydrogens is 450 g/mol. The Hall–Kier alpha value is -3.04. The zero-order valence-corrected chi connectivity index (χ0v) is 20.1. The summed E-state index contributed by atoms with van der Waals surface area (Å²) in [6.45, 7) is 4.92. The highest BCUT2D eigenvalue weighted by molar-refractivity contribution is 7.21. The van der Waals surface area contributed by atoms with Crippen molar-refractivity contribution >= 4 is 44.3 Å². The molecule has 0 unspecified atom stereocenters. The van der Waals surface area contributed by atoms with Crippen LogP contribution in [0.15, 0.2) is 30.3 Å². The molecule has 1 saturated heterocycles. The quantitative estimate of drug-likeness (QED) is 0.474. The second-order valence-corrected chi connectivity index (χ2v) is 10.0. The molecule has 2 fully saturated rings. The summed E-state index contributed by atoms with van der Waals surface area (Å²) >= 11 is 1.33. The molecule has 2 aromatic heterocycles. The van der Waals surface area contributed by atoms with Crippen LogP contribution in [-0.4, -0.2) is 46.3 Å². The van der Waals surface area contributed by atoms with E-state index in [-0.39, 0.29) is 17.7 Å². The summed E-state index contributed by atoms with van der Waals surface area (Å²) in [5, 5.41) is 6.42. The van der Waals surface area contributed by atoms with Gasteiger partial charge >= 0.3 is 0 Å². The van der Waals surface area contributed by atoms with Crippen LogP contribution in [0, 0.1) is 12.8 Å². The van der Waals surface area contributed by atoms with Crippen molar-refractivity contribution in [1.82, 2.24) is 14.9 Å². The van der Waals surface area contributed by atoms with Gasteiger partial charge in [-0.1, -0.05) is 23.8 Å². The summed E-state index contributed by atoms with van der Waals surface area (Å²) in [5.74, 6) is 1.23. The number of amides is 2. The lowest BCUT2D eigenvalue weighted by Gasteiger charge is -2.25. The fraction of sp³-hybridized carbons (Fsp3) is 0.440. The molecule has 0 bridgehead atoms. The number of anilines is 2. The minimum atomic E-state index is 0.00496. The van der Waals surface area contributed by atoms with Crippen molar-refractivity contribution in [2.75, 3.05) is 30.3 Å². The second kappa shape index (κ2) is 10.1. The third-order valence-corrected chi connectivity index (χ3v) is 7.08. The molecule has 34 heavy (non-hydrogen) atoms. The number of piperidine rings is 1. The van der Waals surface area contributed by atoms with Crippen LogP contribution in [-0.2, 0) is 9.59 Å². The lowest BCUT2D eigenvalue weighted by Crippen LogP contribution is -2.32. The van der Waals surface area contributed by atoms with Gasteiger partial charge in [0, 0.05) is 36.7 Å². The van der Waals surface area contributed by atoms with Crippen LogP contribution < -0.4 is 15.4 Å². The molecule has 3 aromatic rings. The van der Waals surface area contributed by atoms with Crippen molar-refractivity contribution in [2.45, 2.75) is 45.4 Å². The number of ether oxygens (including phenoxy) is 1. The minimum Gasteiger partial charge on any atom is -0.439 e. The number of pyridine rings is 1. The van der Waals surface area contributed by atoms with Crippen LogP contribution in [0.5, 0.6) is 11.6 Å². The first-order valence-corrected chi connectivity index (χ1v) is 12.7. The zero-order chi connectivity index (χ0) is 23.5. The van der Waals surface area contributed by atoms with Crippen LogP contribution in [0.1, 0.15) is 44.1 Å². The maximum atomic E-state index is 12.5. The highest BCUT2D eigenvalue weighted by Crippen LogP contribution is 2.33. The van der Waals surface area contributed by atoms with Gasteiger partial charge in [-0.15, -0.1) is 0 Å². The predicted molar refractivity (Wildman–Crippen MR) is 134 cm³/mol. The zero-order valence-electron chi connectivity index (χ0n) is 19.3. The van der Waals surface area contributed by atoms with Crippen molar-refractivity contribution in [3.8, 4) is 11.6 Å². The molecule has 0 radical (unpaired) electrons. The molecular formula is C25H29N5O3S. The molecule has 178 valence electrons. The Labute approximate surface area is 202 Å². The maximum Gasteiger partial charge on any atom is 0.229 e. The Bertz CT molecular complexity index is 1200. The predicted octanol–water partition coefficient (Wildman–Crippen LogP) is 4.96. The SMILES string of the molecule is Cc1ccc(NC(=O)CCN2CCCCC2)cc1Oc1ccc2nc(NC(=O)C3CC3)sc2n1. The number of aryl methyl sites for hydroxylation is 1. The first-order chi connectivity index (χ1) is 16.5. The molecule has 1 aliphatic carbocycles. The van der Waals surface area contributed by atoms with Gasteiger partial charge in [-0.3, -0.25) is 9.59 Å². The highest BCUT2D eigenvalue weighted by Gasteiger charge is 2.30. The van der Waals surface area contributed by atoms with Gasteiger partial charge < -0.3 is 20.3 Å². The van der Waals surface area contributed by atoms with E-state index in [0.717, 1.165) is 43.6 Å². The largest absolute Gasteiger partial charge is 0.439 e. The first kappa shape index (κ1) is 22.7. The van der Waals surface area contributed by atoms with Crippen LogP contribution in [0.4, 0.5) is 10.8 Å². The van der Waals surface area contributed by atoms with E-state index in [1.807, 2.05) is 31.2 Å². The van der Waals surface area contributed by atoms with Crippen molar-refractivity contribution in [3.63, 3.8) is 0 Å². The lowest BCUT2D eigenvalue weighted by atomic mass is 10.1. The van der Waals surface area contributed by atoms with E-state index in [0.29, 0.717) is 33.7 Å². The number of benzene rings is 1. The molecule has 8 nitrogen and oxygen atoms in total. The molecule has 5 rings (SSSR count). The van der Waals surface area contributed by atoms with E-state index in [1.165, 1.54) is 30.6 Å². The van der Waals surface area contributed by atoms with Crippen LogP contribution >= 0.6 is 11.3 Å². The lowest BCUT2D eigenvalue weighted by molar-refractivity contribution is -0.117. The van der Waals surface area contributed by atoms with E-state index in [1.54, 1.807) is 6.07 Å². The van der Waals surface area contributed by atoms with Crippen molar-refractivity contribution in [2.24, 2.45) is 5.92 Å². The maximum absolute atomic E-state index is 12.5. The Balaban J connectivity index is 1.22. The van der Waals surface area contributed by atoms with Gasteiger partial charge in [0.25, 0.3) is 0 Å². The first-order valence-electron chi connectivity index (χ1n) is 11.9. The Morgan fingerprint density at radius 2 is 1.91 bits per heavy atom. The molecule has 1 aliphatic heterocycles. The highest BCUT2D eigenvalue weighted by atomic mass is 32.1. The van der Waals surface area contributed by atoms with Gasteiger partial charge in [0.2, 0.25) is 17.7 Å². The number of nitrogens with one attached hydrogen (secondary N) is 2. The average Bonchev–Trinajstić information content (AvgIpc) is 3.61.